The molecule has 0 amide bonds. The van der Waals surface area contributed by atoms with E-state index >= 15 is 0 Å². The van der Waals surface area contributed by atoms with Gasteiger partial charge in [0.2, 0.25) is 0 Å². The van der Waals surface area contributed by atoms with Crippen molar-refractivity contribution in [1.82, 2.24) is 19.4 Å². The summed E-state index contributed by atoms with van der Waals surface area (Å²) in [4.78, 5) is 11.2. The first kappa shape index (κ1) is 14.7. The van der Waals surface area contributed by atoms with E-state index in [-0.39, 0.29) is 0 Å². The van der Waals surface area contributed by atoms with Gasteiger partial charge in [-0.3, -0.25) is 4.90 Å². The van der Waals surface area contributed by atoms with Crippen LogP contribution in [0.25, 0.3) is 10.9 Å². The molecule has 2 aromatic heterocycles. The molecule has 0 radical (unpaired) electrons. The number of piperidine rings is 1. The Labute approximate surface area is 140 Å². The molecule has 1 saturated heterocycles. The fourth-order valence-electron chi connectivity index (χ4n) is 3.39. The third kappa shape index (κ3) is 3.09. The monoisotopic (exact) mass is 326 g/mol. The number of aromatic nitrogens is 3. The summed E-state index contributed by atoms with van der Waals surface area (Å²) < 4.78 is 2.21. The number of imidazole rings is 1. The van der Waals surface area contributed by atoms with Gasteiger partial charge in [0.05, 0.1) is 11.8 Å². The molecule has 1 fully saturated rings. The van der Waals surface area contributed by atoms with Crippen molar-refractivity contribution < 1.29 is 0 Å². The van der Waals surface area contributed by atoms with Gasteiger partial charge >= 0.3 is 0 Å². The molecule has 5 heteroatoms. The molecule has 3 aromatic rings. The maximum absolute atomic E-state index is 6.41. The number of nitrogens with zero attached hydrogens (tertiary/aromatic N) is 4. The van der Waals surface area contributed by atoms with Gasteiger partial charge in [0.1, 0.15) is 5.15 Å². The number of rotatable bonds is 3. The molecule has 23 heavy (non-hydrogen) atoms. The maximum Gasteiger partial charge on any atom is 0.134 e. The van der Waals surface area contributed by atoms with Crippen molar-refractivity contribution in [2.24, 2.45) is 0 Å². The lowest BCUT2D eigenvalue weighted by Crippen LogP contribution is -2.35. The normalized spacial score (nSPS) is 19.3. The Morgan fingerprint density at radius 1 is 1.26 bits per heavy atom. The SMILES string of the molecule is Clc1nc2ccccc2cc1CN1CCC[C@@H](n2ccnc2)C1. The lowest BCUT2D eigenvalue weighted by Gasteiger charge is -2.33. The van der Waals surface area contributed by atoms with Crippen LogP contribution >= 0.6 is 11.6 Å². The van der Waals surface area contributed by atoms with Gasteiger partial charge in [0.15, 0.2) is 0 Å². The highest BCUT2D eigenvalue weighted by Crippen LogP contribution is 2.26. The summed E-state index contributed by atoms with van der Waals surface area (Å²) >= 11 is 6.41. The van der Waals surface area contributed by atoms with Crippen LogP contribution in [-0.4, -0.2) is 32.5 Å². The Morgan fingerprint density at radius 3 is 3.04 bits per heavy atom. The van der Waals surface area contributed by atoms with Gasteiger partial charge in [-0.05, 0) is 31.5 Å². The molecule has 0 bridgehead atoms. The third-order valence-corrected chi connectivity index (χ3v) is 4.90. The van der Waals surface area contributed by atoms with Gasteiger partial charge in [0, 0.05) is 42.5 Å². The van der Waals surface area contributed by atoms with Gasteiger partial charge < -0.3 is 4.57 Å². The summed E-state index contributed by atoms with van der Waals surface area (Å²) in [6.45, 7) is 2.98. The van der Waals surface area contributed by atoms with Gasteiger partial charge in [-0.25, -0.2) is 9.97 Å². The number of hydrogen-bond donors (Lipinski definition) is 0. The number of fused-ring (bicyclic) bond motifs is 1. The van der Waals surface area contributed by atoms with Crippen molar-refractivity contribution in [3.63, 3.8) is 0 Å². The first-order chi connectivity index (χ1) is 11.3. The van der Waals surface area contributed by atoms with Crippen LogP contribution in [0.2, 0.25) is 5.15 Å². The minimum atomic E-state index is 0.499. The number of pyridine rings is 1. The molecule has 1 aliphatic heterocycles. The van der Waals surface area contributed by atoms with Crippen LogP contribution in [0.1, 0.15) is 24.4 Å². The van der Waals surface area contributed by atoms with E-state index in [2.05, 4.69) is 37.8 Å². The molecule has 0 unspecified atom stereocenters. The first-order valence-corrected chi connectivity index (χ1v) is 8.41. The smallest absolute Gasteiger partial charge is 0.134 e. The third-order valence-electron chi connectivity index (χ3n) is 4.57. The lowest BCUT2D eigenvalue weighted by atomic mass is 10.0. The van der Waals surface area contributed by atoms with Crippen molar-refractivity contribution in [1.29, 1.82) is 0 Å². The molecule has 4 nitrogen and oxygen atoms in total. The Bertz CT molecular complexity index is 800. The molecule has 1 aromatic carbocycles. The Balaban J connectivity index is 1.54. The Morgan fingerprint density at radius 2 is 2.17 bits per heavy atom. The Hall–Kier alpha value is -1.91. The van der Waals surface area contributed by atoms with Gasteiger partial charge in [-0.2, -0.15) is 0 Å². The van der Waals surface area contributed by atoms with Crippen molar-refractivity contribution >= 4 is 22.5 Å². The number of benzene rings is 1. The first-order valence-electron chi connectivity index (χ1n) is 8.03. The second-order valence-corrected chi connectivity index (χ2v) is 6.53. The molecule has 4 rings (SSSR count). The van der Waals surface area contributed by atoms with Crippen LogP contribution in [-0.2, 0) is 6.54 Å². The highest BCUT2D eigenvalue weighted by molar-refractivity contribution is 6.30. The van der Waals surface area contributed by atoms with Gasteiger partial charge in [-0.1, -0.05) is 29.8 Å². The molecule has 1 aliphatic rings. The summed E-state index contributed by atoms with van der Waals surface area (Å²) in [5, 5.41) is 1.77. The molecular weight excluding hydrogens is 308 g/mol. The number of likely N-dealkylation sites (tertiary alicyclic amines) is 1. The summed E-state index contributed by atoms with van der Waals surface area (Å²) in [5.41, 5.74) is 2.06. The van der Waals surface area contributed by atoms with Crippen molar-refractivity contribution in [3.8, 4) is 0 Å². The average molecular weight is 327 g/mol. The summed E-state index contributed by atoms with van der Waals surface area (Å²) in [6, 6.07) is 10.8. The number of halogens is 1. The van der Waals surface area contributed by atoms with Crippen molar-refractivity contribution in [2.45, 2.75) is 25.4 Å². The fraction of sp³-hybridized carbons (Fsp3) is 0.333. The largest absolute Gasteiger partial charge is 0.333 e. The highest BCUT2D eigenvalue weighted by Gasteiger charge is 2.21. The second kappa shape index (κ2) is 6.30. The van der Waals surface area contributed by atoms with Gasteiger partial charge in [-0.15, -0.1) is 0 Å². The van der Waals surface area contributed by atoms with Crippen molar-refractivity contribution in [2.75, 3.05) is 13.1 Å². The van der Waals surface area contributed by atoms with Gasteiger partial charge in [0.25, 0.3) is 0 Å². The summed E-state index contributed by atoms with van der Waals surface area (Å²) in [5.74, 6) is 0. The van der Waals surface area contributed by atoms with E-state index in [1.807, 2.05) is 30.7 Å². The molecule has 0 N–H and O–H groups in total. The Kier molecular flexibility index (Phi) is 4.02. The molecule has 118 valence electrons. The number of hydrogen-bond acceptors (Lipinski definition) is 3. The molecule has 1 atom stereocenters. The predicted molar refractivity (Wildman–Crippen MR) is 92.5 cm³/mol. The minimum Gasteiger partial charge on any atom is -0.333 e. The zero-order valence-electron chi connectivity index (χ0n) is 12.9. The zero-order chi connectivity index (χ0) is 15.6. The molecule has 0 spiro atoms. The highest BCUT2D eigenvalue weighted by atomic mass is 35.5. The zero-order valence-corrected chi connectivity index (χ0v) is 13.7. The van der Waals surface area contributed by atoms with E-state index in [0.717, 1.165) is 36.1 Å². The summed E-state index contributed by atoms with van der Waals surface area (Å²) in [7, 11) is 0. The fourth-order valence-corrected chi connectivity index (χ4v) is 3.60. The molecule has 0 saturated carbocycles. The van der Waals surface area contributed by atoms with Crippen LogP contribution in [0, 0.1) is 0 Å². The number of para-hydroxylation sites is 1. The quantitative estimate of drug-likeness (QED) is 0.684. The molecular formula is C18H19ClN4. The topological polar surface area (TPSA) is 34.0 Å². The van der Waals surface area contributed by atoms with Crippen LogP contribution in [0.3, 0.4) is 0 Å². The van der Waals surface area contributed by atoms with E-state index in [0.29, 0.717) is 11.2 Å². The predicted octanol–water partition coefficient (Wildman–Crippen LogP) is 3.92. The van der Waals surface area contributed by atoms with Crippen LogP contribution in [0.5, 0.6) is 0 Å². The van der Waals surface area contributed by atoms with Crippen LogP contribution in [0.4, 0.5) is 0 Å². The lowest BCUT2D eigenvalue weighted by molar-refractivity contribution is 0.170. The van der Waals surface area contributed by atoms with Crippen LogP contribution in [0.15, 0.2) is 49.1 Å². The summed E-state index contributed by atoms with van der Waals surface area (Å²) in [6.07, 6.45) is 8.22. The minimum absolute atomic E-state index is 0.499. The molecule has 0 aliphatic carbocycles. The van der Waals surface area contributed by atoms with E-state index in [1.54, 1.807) is 0 Å². The van der Waals surface area contributed by atoms with Crippen LogP contribution < -0.4 is 0 Å². The van der Waals surface area contributed by atoms with E-state index < -0.39 is 0 Å². The van der Waals surface area contributed by atoms with E-state index in [1.165, 1.54) is 12.8 Å². The second-order valence-electron chi connectivity index (χ2n) is 6.17. The standard InChI is InChI=1S/C18H19ClN4/c19-18-15(10-14-4-1-2-6-17(14)21-18)11-22-8-3-5-16(12-22)23-9-7-20-13-23/h1-2,4,6-7,9-10,13,16H,3,5,8,11-12H2/t16-/m1/s1. The van der Waals surface area contributed by atoms with Crippen molar-refractivity contribution in [3.05, 3.63) is 59.8 Å². The average Bonchev–Trinajstić information content (AvgIpc) is 3.10. The van der Waals surface area contributed by atoms with E-state index in [4.69, 9.17) is 11.6 Å². The van der Waals surface area contributed by atoms with E-state index in [9.17, 15) is 0 Å². The maximum atomic E-state index is 6.41. The molecule has 3 heterocycles.